The van der Waals surface area contributed by atoms with Gasteiger partial charge in [0.25, 0.3) is 0 Å². The van der Waals surface area contributed by atoms with Crippen LogP contribution in [0.1, 0.15) is 11.6 Å². The minimum atomic E-state index is -0.453. The van der Waals surface area contributed by atoms with Gasteiger partial charge in [-0.3, -0.25) is 0 Å². The van der Waals surface area contributed by atoms with Crippen LogP contribution in [0.4, 0.5) is 10.1 Å². The molecule has 0 aliphatic heterocycles. The van der Waals surface area contributed by atoms with E-state index >= 15 is 0 Å². The molecule has 2 N–H and O–H groups in total. The van der Waals surface area contributed by atoms with Gasteiger partial charge in [-0.2, -0.15) is 0 Å². The lowest BCUT2D eigenvalue weighted by molar-refractivity contribution is 0.363. The highest BCUT2D eigenvalue weighted by atomic mass is 35.5. The minimum absolute atomic E-state index is 0.0436. The van der Waals surface area contributed by atoms with Crippen molar-refractivity contribution in [2.75, 3.05) is 26.0 Å². The number of rotatable bonds is 5. The molecule has 0 bridgehead atoms. The van der Waals surface area contributed by atoms with Crippen LogP contribution in [0.25, 0.3) is 0 Å². The van der Waals surface area contributed by atoms with Crippen molar-refractivity contribution in [3.05, 3.63) is 64.9 Å². The monoisotopic (exact) mass is 351 g/mol. The van der Waals surface area contributed by atoms with Crippen LogP contribution in [0.5, 0.6) is 0 Å². The van der Waals surface area contributed by atoms with E-state index in [1.54, 1.807) is 6.07 Å². The highest BCUT2D eigenvalue weighted by Gasteiger charge is 2.14. The van der Waals surface area contributed by atoms with E-state index in [0.717, 1.165) is 12.1 Å². The smallest absolute Gasteiger partial charge is 0.171 e. The van der Waals surface area contributed by atoms with E-state index in [9.17, 15) is 4.39 Å². The second kappa shape index (κ2) is 8.24. The molecular formula is C17H19ClFN3S. The summed E-state index contributed by atoms with van der Waals surface area (Å²) in [5.41, 5.74) is 1.79. The first kappa shape index (κ1) is 17.7. The Bertz CT molecular complexity index is 664. The predicted octanol–water partition coefficient (Wildman–Crippen LogP) is 4.07. The van der Waals surface area contributed by atoms with Crippen LogP contribution in [-0.4, -0.2) is 30.7 Å². The fourth-order valence-electron chi connectivity index (χ4n) is 2.18. The number of thiocarbonyl (C=S) groups is 1. The first-order valence-corrected chi connectivity index (χ1v) is 7.96. The Morgan fingerprint density at radius 3 is 2.52 bits per heavy atom. The van der Waals surface area contributed by atoms with Gasteiger partial charge in [-0.15, -0.1) is 0 Å². The molecule has 0 saturated carbocycles. The molecule has 3 nitrogen and oxygen atoms in total. The number of anilines is 1. The second-order valence-electron chi connectivity index (χ2n) is 5.45. The molecule has 0 radical (unpaired) electrons. The van der Waals surface area contributed by atoms with Gasteiger partial charge in [-0.1, -0.05) is 41.9 Å². The first-order chi connectivity index (χ1) is 11.0. The van der Waals surface area contributed by atoms with Gasteiger partial charge >= 0.3 is 0 Å². The SMILES string of the molecule is CN(C)C[C@H](NC(=S)Nc1ccc(F)c(Cl)c1)c1ccccc1. The van der Waals surface area contributed by atoms with Crippen molar-refractivity contribution in [3.63, 3.8) is 0 Å². The molecule has 0 unspecified atom stereocenters. The molecule has 2 rings (SSSR count). The quantitative estimate of drug-likeness (QED) is 0.794. The van der Waals surface area contributed by atoms with E-state index in [2.05, 4.69) is 27.7 Å². The lowest BCUT2D eigenvalue weighted by Gasteiger charge is -2.24. The zero-order valence-corrected chi connectivity index (χ0v) is 14.6. The molecule has 0 spiro atoms. The molecule has 0 aliphatic carbocycles. The molecule has 0 amide bonds. The number of nitrogens with one attached hydrogen (secondary N) is 2. The Morgan fingerprint density at radius 2 is 1.91 bits per heavy atom. The Hall–Kier alpha value is -1.69. The molecule has 0 aliphatic rings. The average molecular weight is 352 g/mol. The number of likely N-dealkylation sites (N-methyl/N-ethyl adjacent to an activating group) is 1. The van der Waals surface area contributed by atoms with Crippen LogP contribution in [0.15, 0.2) is 48.5 Å². The van der Waals surface area contributed by atoms with E-state index in [-0.39, 0.29) is 11.1 Å². The molecule has 2 aromatic carbocycles. The van der Waals surface area contributed by atoms with Gasteiger partial charge in [0.05, 0.1) is 11.1 Å². The molecule has 6 heteroatoms. The number of hydrogen-bond donors (Lipinski definition) is 2. The maximum Gasteiger partial charge on any atom is 0.171 e. The van der Waals surface area contributed by atoms with E-state index in [4.69, 9.17) is 23.8 Å². The molecule has 0 aromatic heterocycles. The van der Waals surface area contributed by atoms with Gasteiger partial charge in [0, 0.05) is 12.2 Å². The van der Waals surface area contributed by atoms with Gasteiger partial charge in [0.1, 0.15) is 5.82 Å². The van der Waals surface area contributed by atoms with Crippen molar-refractivity contribution in [3.8, 4) is 0 Å². The summed E-state index contributed by atoms with van der Waals surface area (Å²) in [6, 6.07) is 14.5. The molecule has 0 fully saturated rings. The summed E-state index contributed by atoms with van der Waals surface area (Å²) < 4.78 is 13.2. The van der Waals surface area contributed by atoms with Crippen LogP contribution < -0.4 is 10.6 Å². The summed E-state index contributed by atoms with van der Waals surface area (Å²) in [5.74, 6) is -0.453. The second-order valence-corrected chi connectivity index (χ2v) is 6.27. The van der Waals surface area contributed by atoms with Crippen molar-refractivity contribution in [1.29, 1.82) is 0 Å². The zero-order valence-electron chi connectivity index (χ0n) is 13.0. The normalized spacial score (nSPS) is 12.0. The highest BCUT2D eigenvalue weighted by molar-refractivity contribution is 7.80. The summed E-state index contributed by atoms with van der Waals surface area (Å²) in [6.45, 7) is 0.788. The van der Waals surface area contributed by atoms with E-state index in [1.165, 1.54) is 12.1 Å². The third kappa shape index (κ3) is 5.46. The van der Waals surface area contributed by atoms with Gasteiger partial charge in [0.15, 0.2) is 5.11 Å². The molecular weight excluding hydrogens is 333 g/mol. The first-order valence-electron chi connectivity index (χ1n) is 7.18. The van der Waals surface area contributed by atoms with Crippen LogP contribution in [0, 0.1) is 5.82 Å². The summed E-state index contributed by atoms with van der Waals surface area (Å²) in [5, 5.41) is 6.85. The fraction of sp³-hybridized carbons (Fsp3) is 0.235. The number of benzene rings is 2. The van der Waals surface area contributed by atoms with Crippen molar-refractivity contribution in [2.24, 2.45) is 0 Å². The third-order valence-electron chi connectivity index (χ3n) is 3.23. The summed E-state index contributed by atoms with van der Waals surface area (Å²) in [7, 11) is 4.02. The molecule has 122 valence electrons. The van der Waals surface area contributed by atoms with E-state index in [0.29, 0.717) is 10.8 Å². The topological polar surface area (TPSA) is 27.3 Å². The van der Waals surface area contributed by atoms with Crippen molar-refractivity contribution >= 4 is 34.6 Å². The maximum atomic E-state index is 13.2. The highest BCUT2D eigenvalue weighted by Crippen LogP contribution is 2.20. The van der Waals surface area contributed by atoms with Gasteiger partial charge in [-0.25, -0.2) is 4.39 Å². The maximum absolute atomic E-state index is 13.2. The number of halogens is 2. The largest absolute Gasteiger partial charge is 0.354 e. The molecule has 2 aromatic rings. The van der Waals surface area contributed by atoms with Gasteiger partial charge < -0.3 is 15.5 Å². The van der Waals surface area contributed by atoms with Crippen LogP contribution in [0.3, 0.4) is 0 Å². The average Bonchev–Trinajstić information content (AvgIpc) is 2.51. The molecule has 1 atom stereocenters. The van der Waals surface area contributed by atoms with Gasteiger partial charge in [-0.05, 0) is 50.1 Å². The summed E-state index contributed by atoms with van der Waals surface area (Å²) in [4.78, 5) is 2.09. The Labute approximate surface area is 146 Å². The summed E-state index contributed by atoms with van der Waals surface area (Å²) >= 11 is 11.1. The lowest BCUT2D eigenvalue weighted by atomic mass is 10.1. The Kier molecular flexibility index (Phi) is 6.33. The number of hydrogen-bond acceptors (Lipinski definition) is 2. The van der Waals surface area contributed by atoms with E-state index < -0.39 is 5.82 Å². The van der Waals surface area contributed by atoms with Crippen molar-refractivity contribution in [2.45, 2.75) is 6.04 Å². The molecule has 0 heterocycles. The molecule has 0 saturated heterocycles. The Morgan fingerprint density at radius 1 is 1.22 bits per heavy atom. The lowest BCUT2D eigenvalue weighted by Crippen LogP contribution is -2.37. The fourth-order valence-corrected chi connectivity index (χ4v) is 2.62. The molecule has 23 heavy (non-hydrogen) atoms. The minimum Gasteiger partial charge on any atom is -0.354 e. The zero-order chi connectivity index (χ0) is 16.8. The van der Waals surface area contributed by atoms with Gasteiger partial charge in [0.2, 0.25) is 0 Å². The summed E-state index contributed by atoms with van der Waals surface area (Å²) in [6.07, 6.45) is 0. The van der Waals surface area contributed by atoms with E-state index in [1.807, 2.05) is 32.3 Å². The third-order valence-corrected chi connectivity index (χ3v) is 3.74. The van der Waals surface area contributed by atoms with Crippen molar-refractivity contribution in [1.82, 2.24) is 10.2 Å². The number of nitrogens with zero attached hydrogens (tertiary/aromatic N) is 1. The van der Waals surface area contributed by atoms with Crippen LogP contribution in [-0.2, 0) is 0 Å². The Balaban J connectivity index is 2.06. The predicted molar refractivity (Wildman–Crippen MR) is 98.5 cm³/mol. The van der Waals surface area contributed by atoms with Crippen LogP contribution >= 0.6 is 23.8 Å². The van der Waals surface area contributed by atoms with Crippen molar-refractivity contribution < 1.29 is 4.39 Å². The van der Waals surface area contributed by atoms with Crippen LogP contribution in [0.2, 0.25) is 5.02 Å². The standard InChI is InChI=1S/C17H19ClFN3S/c1-22(2)11-16(12-6-4-3-5-7-12)21-17(23)20-13-8-9-15(19)14(18)10-13/h3-10,16H,11H2,1-2H3,(H2,20,21,23)/t16-/m0/s1.